The normalized spacial score (nSPS) is 15.0. The second kappa shape index (κ2) is 5.00. The SMILES string of the molecule is COC(C)(C)CCC(C)CCl. The highest BCUT2D eigenvalue weighted by molar-refractivity contribution is 6.18. The fourth-order valence-electron chi connectivity index (χ4n) is 0.773. The number of hydrogen-bond acceptors (Lipinski definition) is 1. The fourth-order valence-corrected chi connectivity index (χ4v) is 0.928. The van der Waals surface area contributed by atoms with Crippen LogP contribution in [-0.4, -0.2) is 18.6 Å². The van der Waals surface area contributed by atoms with Crippen LogP contribution in [0.1, 0.15) is 33.6 Å². The molecule has 0 amide bonds. The van der Waals surface area contributed by atoms with Crippen molar-refractivity contribution in [2.45, 2.75) is 39.2 Å². The molecule has 0 aliphatic carbocycles. The third-order valence-electron chi connectivity index (χ3n) is 2.06. The van der Waals surface area contributed by atoms with Crippen molar-refractivity contribution >= 4 is 11.6 Å². The highest BCUT2D eigenvalue weighted by Crippen LogP contribution is 2.19. The molecule has 0 fully saturated rings. The first-order chi connectivity index (χ1) is 5.02. The van der Waals surface area contributed by atoms with Crippen LogP contribution in [-0.2, 0) is 4.74 Å². The van der Waals surface area contributed by atoms with Crippen LogP contribution in [0.5, 0.6) is 0 Å². The molecule has 11 heavy (non-hydrogen) atoms. The predicted molar refractivity (Wildman–Crippen MR) is 50.2 cm³/mol. The summed E-state index contributed by atoms with van der Waals surface area (Å²) in [5.74, 6) is 1.35. The van der Waals surface area contributed by atoms with E-state index in [9.17, 15) is 0 Å². The van der Waals surface area contributed by atoms with Gasteiger partial charge in [0.2, 0.25) is 0 Å². The van der Waals surface area contributed by atoms with E-state index in [0.29, 0.717) is 5.92 Å². The van der Waals surface area contributed by atoms with Gasteiger partial charge in [0, 0.05) is 13.0 Å². The lowest BCUT2D eigenvalue weighted by Gasteiger charge is -2.23. The van der Waals surface area contributed by atoms with Gasteiger partial charge in [0.25, 0.3) is 0 Å². The summed E-state index contributed by atoms with van der Waals surface area (Å²) in [5.41, 5.74) is 0.0142. The predicted octanol–water partition coefficient (Wildman–Crippen LogP) is 3.07. The zero-order valence-electron chi connectivity index (χ0n) is 7.98. The van der Waals surface area contributed by atoms with Gasteiger partial charge in [-0.3, -0.25) is 0 Å². The second-order valence-corrected chi connectivity index (χ2v) is 4.07. The molecule has 1 atom stereocenters. The average molecular weight is 179 g/mol. The number of halogens is 1. The standard InChI is InChI=1S/C9H19ClO/c1-8(7-10)5-6-9(2,3)11-4/h8H,5-7H2,1-4H3. The lowest BCUT2D eigenvalue weighted by Crippen LogP contribution is -2.23. The Balaban J connectivity index is 3.52. The van der Waals surface area contributed by atoms with Crippen LogP contribution in [0.3, 0.4) is 0 Å². The van der Waals surface area contributed by atoms with E-state index < -0.39 is 0 Å². The van der Waals surface area contributed by atoms with E-state index in [0.717, 1.165) is 18.7 Å². The number of ether oxygens (including phenoxy) is 1. The van der Waals surface area contributed by atoms with Crippen LogP contribution in [0.15, 0.2) is 0 Å². The van der Waals surface area contributed by atoms with Crippen molar-refractivity contribution < 1.29 is 4.74 Å². The summed E-state index contributed by atoms with van der Waals surface area (Å²) in [5, 5.41) is 0. The Morgan fingerprint density at radius 2 is 2.00 bits per heavy atom. The van der Waals surface area contributed by atoms with Gasteiger partial charge in [0.15, 0.2) is 0 Å². The van der Waals surface area contributed by atoms with Crippen molar-refractivity contribution in [2.24, 2.45) is 5.92 Å². The number of alkyl halides is 1. The molecule has 0 aliphatic rings. The second-order valence-electron chi connectivity index (χ2n) is 3.76. The van der Waals surface area contributed by atoms with Crippen molar-refractivity contribution in [2.75, 3.05) is 13.0 Å². The maximum atomic E-state index is 5.68. The molecule has 0 heterocycles. The minimum Gasteiger partial charge on any atom is -0.379 e. The zero-order valence-corrected chi connectivity index (χ0v) is 8.74. The Bertz CT molecular complexity index is 102. The summed E-state index contributed by atoms with van der Waals surface area (Å²) in [7, 11) is 1.76. The van der Waals surface area contributed by atoms with E-state index >= 15 is 0 Å². The van der Waals surface area contributed by atoms with Gasteiger partial charge in [0.1, 0.15) is 0 Å². The molecule has 0 saturated carbocycles. The van der Waals surface area contributed by atoms with Crippen molar-refractivity contribution in [3.8, 4) is 0 Å². The maximum absolute atomic E-state index is 5.68. The van der Waals surface area contributed by atoms with Crippen LogP contribution in [0.25, 0.3) is 0 Å². The third-order valence-corrected chi connectivity index (χ3v) is 2.58. The van der Waals surface area contributed by atoms with Gasteiger partial charge in [0.05, 0.1) is 5.60 Å². The molecule has 0 bridgehead atoms. The number of rotatable bonds is 5. The molecule has 1 unspecified atom stereocenters. The average Bonchev–Trinajstić information content (AvgIpc) is 2.00. The first-order valence-corrected chi connectivity index (χ1v) is 4.66. The molecule has 1 nitrogen and oxygen atoms in total. The lowest BCUT2D eigenvalue weighted by molar-refractivity contribution is 0.0114. The Hall–Kier alpha value is 0.250. The number of hydrogen-bond donors (Lipinski definition) is 0. The molecule has 0 saturated heterocycles. The van der Waals surface area contributed by atoms with Gasteiger partial charge in [-0.25, -0.2) is 0 Å². The van der Waals surface area contributed by atoms with Gasteiger partial charge >= 0.3 is 0 Å². The molecular formula is C9H19ClO. The highest BCUT2D eigenvalue weighted by atomic mass is 35.5. The first kappa shape index (κ1) is 11.2. The van der Waals surface area contributed by atoms with Crippen LogP contribution in [0.2, 0.25) is 0 Å². The summed E-state index contributed by atoms with van der Waals surface area (Å²) in [6.07, 6.45) is 2.22. The van der Waals surface area contributed by atoms with Crippen LogP contribution < -0.4 is 0 Å². The summed E-state index contributed by atoms with van der Waals surface area (Å²) in [6.45, 7) is 6.38. The molecule has 0 aromatic heterocycles. The molecular weight excluding hydrogens is 160 g/mol. The Labute approximate surface area is 75.1 Å². The van der Waals surface area contributed by atoms with Crippen molar-refractivity contribution in [1.29, 1.82) is 0 Å². The van der Waals surface area contributed by atoms with Gasteiger partial charge in [-0.1, -0.05) is 6.92 Å². The largest absolute Gasteiger partial charge is 0.379 e. The maximum Gasteiger partial charge on any atom is 0.0622 e. The Morgan fingerprint density at radius 1 is 1.45 bits per heavy atom. The zero-order chi connectivity index (χ0) is 8.91. The summed E-state index contributed by atoms with van der Waals surface area (Å²) in [6, 6.07) is 0. The van der Waals surface area contributed by atoms with Crippen molar-refractivity contribution in [1.82, 2.24) is 0 Å². The van der Waals surface area contributed by atoms with Crippen LogP contribution >= 0.6 is 11.6 Å². The van der Waals surface area contributed by atoms with E-state index in [1.54, 1.807) is 7.11 Å². The minimum atomic E-state index is 0.0142. The van der Waals surface area contributed by atoms with E-state index in [1.807, 2.05) is 0 Å². The minimum absolute atomic E-state index is 0.0142. The van der Waals surface area contributed by atoms with Crippen LogP contribution in [0.4, 0.5) is 0 Å². The molecule has 68 valence electrons. The molecule has 0 rings (SSSR count). The smallest absolute Gasteiger partial charge is 0.0622 e. The molecule has 0 aromatic rings. The van der Waals surface area contributed by atoms with Crippen molar-refractivity contribution in [3.05, 3.63) is 0 Å². The van der Waals surface area contributed by atoms with Crippen LogP contribution in [0, 0.1) is 5.92 Å². The Kier molecular flexibility index (Phi) is 5.11. The quantitative estimate of drug-likeness (QED) is 0.588. The van der Waals surface area contributed by atoms with E-state index in [1.165, 1.54) is 0 Å². The highest BCUT2D eigenvalue weighted by Gasteiger charge is 2.16. The lowest BCUT2D eigenvalue weighted by atomic mass is 9.97. The molecule has 2 heteroatoms. The molecule has 0 N–H and O–H groups in total. The molecule has 0 aromatic carbocycles. The first-order valence-electron chi connectivity index (χ1n) is 4.13. The van der Waals surface area contributed by atoms with E-state index in [-0.39, 0.29) is 5.60 Å². The fraction of sp³-hybridized carbons (Fsp3) is 1.00. The Morgan fingerprint density at radius 3 is 2.36 bits per heavy atom. The van der Waals surface area contributed by atoms with Gasteiger partial charge < -0.3 is 4.74 Å². The third kappa shape index (κ3) is 5.51. The van der Waals surface area contributed by atoms with E-state index in [4.69, 9.17) is 16.3 Å². The summed E-state index contributed by atoms with van der Waals surface area (Å²) >= 11 is 5.68. The summed E-state index contributed by atoms with van der Waals surface area (Å²) in [4.78, 5) is 0. The molecule has 0 radical (unpaired) electrons. The van der Waals surface area contributed by atoms with E-state index in [2.05, 4.69) is 20.8 Å². The number of methoxy groups -OCH3 is 1. The molecule has 0 spiro atoms. The molecule has 0 aliphatic heterocycles. The summed E-state index contributed by atoms with van der Waals surface area (Å²) < 4.78 is 5.29. The van der Waals surface area contributed by atoms with Gasteiger partial charge in [-0.2, -0.15) is 0 Å². The van der Waals surface area contributed by atoms with Gasteiger partial charge in [-0.05, 0) is 32.6 Å². The van der Waals surface area contributed by atoms with Crippen molar-refractivity contribution in [3.63, 3.8) is 0 Å². The monoisotopic (exact) mass is 178 g/mol. The topological polar surface area (TPSA) is 9.23 Å². The van der Waals surface area contributed by atoms with Gasteiger partial charge in [-0.15, -0.1) is 11.6 Å².